The lowest BCUT2D eigenvalue weighted by Gasteiger charge is -2.23. The Morgan fingerprint density at radius 3 is 2.56 bits per heavy atom. The van der Waals surface area contributed by atoms with Gasteiger partial charge < -0.3 is 5.32 Å². The molecule has 2 aromatic rings. The molecule has 1 N–H and O–H groups in total. The molecule has 1 aromatic carbocycles. The molecule has 0 fully saturated rings. The second kappa shape index (κ2) is 8.82. The molecular formula is C19H26ClN5OS. The number of likely N-dealkylation sites (N-methyl/N-ethyl adjacent to an activating group) is 1. The number of allylic oxidation sites excluding steroid dienone is 1. The molecule has 0 unspecified atom stereocenters. The van der Waals surface area contributed by atoms with E-state index in [1.54, 1.807) is 10.8 Å². The molecule has 8 heteroatoms. The minimum Gasteiger partial charge on any atom is -0.350 e. The highest BCUT2D eigenvalue weighted by Crippen LogP contribution is 2.21. The van der Waals surface area contributed by atoms with Crippen LogP contribution in [0.2, 0.25) is 5.02 Å². The highest BCUT2D eigenvalue weighted by molar-refractivity contribution is 7.71. The van der Waals surface area contributed by atoms with Crippen molar-refractivity contribution in [2.24, 2.45) is 0 Å². The fraction of sp³-hybridized carbons (Fsp3) is 0.421. The molecule has 2 rings (SSSR count). The van der Waals surface area contributed by atoms with E-state index < -0.39 is 0 Å². The summed E-state index contributed by atoms with van der Waals surface area (Å²) in [6, 6.07) is 7.45. The van der Waals surface area contributed by atoms with Crippen LogP contribution in [0.15, 0.2) is 36.9 Å². The Morgan fingerprint density at radius 1 is 1.37 bits per heavy atom. The van der Waals surface area contributed by atoms with Crippen molar-refractivity contribution in [1.29, 1.82) is 0 Å². The van der Waals surface area contributed by atoms with Crippen molar-refractivity contribution < 1.29 is 4.79 Å². The molecule has 27 heavy (non-hydrogen) atoms. The predicted octanol–water partition coefficient (Wildman–Crippen LogP) is 3.72. The largest absolute Gasteiger partial charge is 0.350 e. The van der Waals surface area contributed by atoms with Crippen LogP contribution in [0.3, 0.4) is 0 Å². The van der Waals surface area contributed by atoms with Gasteiger partial charge in [0.05, 0.1) is 13.2 Å². The van der Waals surface area contributed by atoms with Crippen LogP contribution < -0.4 is 5.32 Å². The Hall–Kier alpha value is -1.96. The maximum atomic E-state index is 12.1. The molecule has 0 aliphatic carbocycles. The van der Waals surface area contributed by atoms with Crippen LogP contribution in [0, 0.1) is 4.77 Å². The number of hydrogen-bond donors (Lipinski definition) is 1. The van der Waals surface area contributed by atoms with Crippen molar-refractivity contribution in [1.82, 2.24) is 24.6 Å². The lowest BCUT2D eigenvalue weighted by atomic mass is 10.1. The van der Waals surface area contributed by atoms with E-state index in [4.69, 9.17) is 23.8 Å². The van der Waals surface area contributed by atoms with Gasteiger partial charge in [-0.3, -0.25) is 14.3 Å². The molecule has 6 nitrogen and oxygen atoms in total. The lowest BCUT2D eigenvalue weighted by molar-refractivity contribution is -0.123. The van der Waals surface area contributed by atoms with Gasteiger partial charge in [-0.25, -0.2) is 4.68 Å². The molecule has 0 saturated heterocycles. The van der Waals surface area contributed by atoms with E-state index in [9.17, 15) is 4.79 Å². The zero-order chi connectivity index (χ0) is 20.2. The van der Waals surface area contributed by atoms with E-state index in [1.165, 1.54) is 0 Å². The third-order valence-electron chi connectivity index (χ3n) is 3.64. The van der Waals surface area contributed by atoms with Gasteiger partial charge in [0.15, 0.2) is 10.6 Å². The van der Waals surface area contributed by atoms with Crippen LogP contribution in [0.25, 0.3) is 11.4 Å². The van der Waals surface area contributed by atoms with Crippen molar-refractivity contribution in [3.63, 3.8) is 0 Å². The zero-order valence-corrected chi connectivity index (χ0v) is 17.8. The lowest BCUT2D eigenvalue weighted by Crippen LogP contribution is -2.45. The first-order valence-electron chi connectivity index (χ1n) is 8.65. The molecule has 146 valence electrons. The number of carbonyl (C=O) groups excluding carboxylic acids is 1. The summed E-state index contributed by atoms with van der Waals surface area (Å²) in [5.74, 6) is 0.698. The summed E-state index contributed by atoms with van der Waals surface area (Å²) in [6.45, 7) is 10.9. The molecule has 0 radical (unpaired) electrons. The average Bonchev–Trinajstić information content (AvgIpc) is 2.83. The van der Waals surface area contributed by atoms with Crippen molar-refractivity contribution >= 4 is 29.7 Å². The van der Waals surface area contributed by atoms with Gasteiger partial charge in [0.1, 0.15) is 0 Å². The molecule has 0 bridgehead atoms. The average molecular weight is 408 g/mol. The van der Waals surface area contributed by atoms with Crippen LogP contribution in [-0.4, -0.2) is 44.3 Å². The fourth-order valence-corrected chi connectivity index (χ4v) is 3.01. The first-order valence-corrected chi connectivity index (χ1v) is 9.43. The topological polar surface area (TPSA) is 55.1 Å². The number of nitrogens with one attached hydrogen (secondary N) is 1. The molecular weight excluding hydrogens is 382 g/mol. The Balaban J connectivity index is 2.23. The van der Waals surface area contributed by atoms with E-state index in [2.05, 4.69) is 17.0 Å². The summed E-state index contributed by atoms with van der Waals surface area (Å²) in [6.07, 6.45) is 1.78. The van der Waals surface area contributed by atoms with Crippen molar-refractivity contribution in [2.75, 3.05) is 13.6 Å². The van der Waals surface area contributed by atoms with E-state index in [0.29, 0.717) is 23.0 Å². The fourth-order valence-electron chi connectivity index (χ4n) is 2.62. The summed E-state index contributed by atoms with van der Waals surface area (Å²) in [5, 5.41) is 8.28. The number of amides is 1. The molecule has 0 aliphatic rings. The van der Waals surface area contributed by atoms with Gasteiger partial charge in [-0.05, 0) is 64.3 Å². The second-order valence-electron chi connectivity index (χ2n) is 7.47. The van der Waals surface area contributed by atoms with Gasteiger partial charge in [-0.1, -0.05) is 17.7 Å². The van der Waals surface area contributed by atoms with Gasteiger partial charge >= 0.3 is 0 Å². The maximum absolute atomic E-state index is 12.1. The quantitative estimate of drug-likeness (QED) is 0.561. The number of halogens is 1. The van der Waals surface area contributed by atoms with Gasteiger partial charge in [0.2, 0.25) is 5.91 Å². The number of nitrogens with zero attached hydrogens (tertiary/aromatic N) is 4. The highest BCUT2D eigenvalue weighted by Gasteiger charge is 2.17. The number of rotatable bonds is 7. The number of benzene rings is 1. The Kier molecular flexibility index (Phi) is 6.97. The molecule has 1 heterocycles. The molecule has 1 aromatic heterocycles. The number of hydrogen-bond acceptors (Lipinski definition) is 4. The van der Waals surface area contributed by atoms with E-state index >= 15 is 0 Å². The van der Waals surface area contributed by atoms with E-state index in [-0.39, 0.29) is 18.0 Å². The summed E-state index contributed by atoms with van der Waals surface area (Å²) >= 11 is 11.6. The number of aromatic nitrogens is 3. The van der Waals surface area contributed by atoms with Crippen LogP contribution in [0.1, 0.15) is 20.8 Å². The smallest absolute Gasteiger partial charge is 0.234 e. The van der Waals surface area contributed by atoms with E-state index in [1.807, 2.05) is 61.6 Å². The Labute approximate surface area is 170 Å². The van der Waals surface area contributed by atoms with Gasteiger partial charge in [0, 0.05) is 22.7 Å². The normalized spacial score (nSPS) is 11.6. The van der Waals surface area contributed by atoms with Crippen molar-refractivity contribution in [2.45, 2.75) is 39.5 Å². The molecule has 0 atom stereocenters. The first kappa shape index (κ1) is 21.3. The van der Waals surface area contributed by atoms with Crippen LogP contribution in [0.5, 0.6) is 0 Å². The summed E-state index contributed by atoms with van der Waals surface area (Å²) in [7, 11) is 1.86. The molecule has 0 spiro atoms. The van der Waals surface area contributed by atoms with Gasteiger partial charge in [0.25, 0.3) is 0 Å². The minimum atomic E-state index is -0.262. The zero-order valence-electron chi connectivity index (χ0n) is 16.2. The van der Waals surface area contributed by atoms with Crippen molar-refractivity contribution in [3.8, 4) is 11.4 Å². The summed E-state index contributed by atoms with van der Waals surface area (Å²) < 4.78 is 4.20. The monoisotopic (exact) mass is 407 g/mol. The third kappa shape index (κ3) is 6.02. The van der Waals surface area contributed by atoms with Crippen LogP contribution >= 0.6 is 23.8 Å². The highest BCUT2D eigenvalue weighted by atomic mass is 35.5. The van der Waals surface area contributed by atoms with Gasteiger partial charge in [-0.15, -0.1) is 6.58 Å². The minimum absolute atomic E-state index is 0.0417. The third-order valence-corrected chi connectivity index (χ3v) is 4.32. The van der Waals surface area contributed by atoms with Crippen molar-refractivity contribution in [3.05, 3.63) is 46.7 Å². The van der Waals surface area contributed by atoms with Crippen LogP contribution in [-0.2, 0) is 18.0 Å². The number of carbonyl (C=O) groups is 1. The predicted molar refractivity (Wildman–Crippen MR) is 112 cm³/mol. The molecule has 0 aliphatic heterocycles. The summed E-state index contributed by atoms with van der Waals surface area (Å²) in [5.41, 5.74) is 0.654. The SMILES string of the molecule is C=CCn1c(-c2ccc(Cl)cc2)nn(CN(C)CC(=O)NC(C)(C)C)c1=S. The standard InChI is InChI=1S/C19H26ClN5OS/c1-6-11-24-17(14-7-9-15(20)10-8-14)22-25(18(24)27)13-23(5)12-16(26)21-19(2,3)4/h6-10H,1,11-13H2,2-5H3,(H,21,26). The Morgan fingerprint density at radius 2 is 2.00 bits per heavy atom. The van der Waals surface area contributed by atoms with Crippen LogP contribution in [0.4, 0.5) is 0 Å². The summed E-state index contributed by atoms with van der Waals surface area (Å²) in [4.78, 5) is 14.0. The molecule has 0 saturated carbocycles. The second-order valence-corrected chi connectivity index (χ2v) is 8.27. The van der Waals surface area contributed by atoms with Gasteiger partial charge in [-0.2, -0.15) is 5.10 Å². The maximum Gasteiger partial charge on any atom is 0.234 e. The Bertz CT molecular complexity index is 864. The first-order chi connectivity index (χ1) is 12.6. The van der Waals surface area contributed by atoms with E-state index in [0.717, 1.165) is 11.4 Å². The molecule has 1 amide bonds.